The molecule has 26 heavy (non-hydrogen) atoms. The molecule has 1 atom stereocenters. The monoisotopic (exact) mass is 472 g/mol. The summed E-state index contributed by atoms with van der Waals surface area (Å²) in [4.78, 5) is 4.24. The van der Waals surface area contributed by atoms with Gasteiger partial charge in [0.1, 0.15) is 0 Å². The van der Waals surface area contributed by atoms with Gasteiger partial charge in [0.05, 0.1) is 13.2 Å². The first kappa shape index (κ1) is 17.6. The van der Waals surface area contributed by atoms with Crippen LogP contribution in [0.3, 0.4) is 0 Å². The number of hydrogen-bond donors (Lipinski definition) is 1. The van der Waals surface area contributed by atoms with Crippen molar-refractivity contribution >= 4 is 43.2 Å². The van der Waals surface area contributed by atoms with Gasteiger partial charge in [0.25, 0.3) is 0 Å². The third-order valence-electron chi connectivity index (χ3n) is 4.70. The Bertz CT molecular complexity index is 919. The van der Waals surface area contributed by atoms with Crippen molar-refractivity contribution in [2.45, 2.75) is 5.72 Å². The van der Waals surface area contributed by atoms with Crippen LogP contribution >= 0.6 is 31.9 Å². The molecule has 3 nitrogen and oxygen atoms in total. The molecule has 1 heterocycles. The smallest absolute Gasteiger partial charge is 0.183 e. The van der Waals surface area contributed by atoms with Gasteiger partial charge in [-0.25, -0.2) is 0 Å². The molecule has 1 saturated heterocycles. The van der Waals surface area contributed by atoms with Crippen LogP contribution < -0.4 is 9.80 Å². The van der Waals surface area contributed by atoms with Gasteiger partial charge in [-0.05, 0) is 36.4 Å². The van der Waals surface area contributed by atoms with E-state index in [1.807, 2.05) is 71.6 Å². The van der Waals surface area contributed by atoms with Crippen LogP contribution in [-0.4, -0.2) is 18.3 Å². The third kappa shape index (κ3) is 3.27. The second-order valence-corrected chi connectivity index (χ2v) is 8.24. The summed E-state index contributed by atoms with van der Waals surface area (Å²) in [5.74, 6) is 0. The minimum atomic E-state index is -1.11. The second-order valence-electron chi connectivity index (χ2n) is 6.41. The van der Waals surface area contributed by atoms with Gasteiger partial charge in [0, 0.05) is 25.9 Å². The highest BCUT2D eigenvalue weighted by Crippen LogP contribution is 2.39. The van der Waals surface area contributed by atoms with Crippen molar-refractivity contribution in [3.8, 4) is 0 Å². The fraction of sp³-hybridized carbons (Fsp3) is 0.143. The molecule has 132 valence electrons. The van der Waals surface area contributed by atoms with Crippen molar-refractivity contribution in [3.05, 3.63) is 93.4 Å². The Morgan fingerprint density at radius 2 is 1.38 bits per heavy atom. The minimum Gasteiger partial charge on any atom is -0.365 e. The van der Waals surface area contributed by atoms with E-state index in [1.54, 1.807) is 0 Å². The second kappa shape index (κ2) is 7.06. The summed E-state index contributed by atoms with van der Waals surface area (Å²) in [7, 11) is 0. The highest BCUT2D eigenvalue weighted by Gasteiger charge is 2.45. The number of hydrogen-bond acceptors (Lipinski definition) is 3. The van der Waals surface area contributed by atoms with Crippen molar-refractivity contribution < 1.29 is 5.11 Å². The Balaban J connectivity index is 1.78. The maximum Gasteiger partial charge on any atom is 0.183 e. The van der Waals surface area contributed by atoms with E-state index >= 15 is 0 Å². The number of halogens is 2. The predicted molar refractivity (Wildman–Crippen MR) is 113 cm³/mol. The lowest BCUT2D eigenvalue weighted by molar-refractivity contribution is 0.0629. The van der Waals surface area contributed by atoms with E-state index in [-0.39, 0.29) is 0 Å². The van der Waals surface area contributed by atoms with Crippen LogP contribution in [0.4, 0.5) is 11.4 Å². The van der Waals surface area contributed by atoms with E-state index in [4.69, 9.17) is 0 Å². The van der Waals surface area contributed by atoms with Gasteiger partial charge in [0.2, 0.25) is 0 Å². The van der Waals surface area contributed by atoms with Crippen LogP contribution in [0.1, 0.15) is 5.56 Å². The van der Waals surface area contributed by atoms with Crippen molar-refractivity contribution in [3.63, 3.8) is 0 Å². The Hall–Kier alpha value is -1.82. The summed E-state index contributed by atoms with van der Waals surface area (Å²) < 4.78 is 2.02. The zero-order valence-corrected chi connectivity index (χ0v) is 17.2. The van der Waals surface area contributed by atoms with Crippen molar-refractivity contribution in [2.24, 2.45) is 0 Å². The van der Waals surface area contributed by atoms with Crippen LogP contribution in [0.5, 0.6) is 0 Å². The average molecular weight is 474 g/mol. The molecular formula is C21H18Br2N2O. The Kier molecular flexibility index (Phi) is 4.78. The maximum absolute atomic E-state index is 11.7. The average Bonchev–Trinajstić information content (AvgIpc) is 3.02. The standard InChI is InChI=1S/C21H18Br2N2O/c22-17-8-4-10-19(12-17)24-14-21(26,16-6-2-1-3-7-16)25(15-24)20-11-5-9-18(23)13-20/h1-13,26H,14-15H2. The molecule has 0 spiro atoms. The molecule has 1 unspecified atom stereocenters. The van der Waals surface area contributed by atoms with Crippen LogP contribution in [-0.2, 0) is 5.72 Å². The molecule has 1 aliphatic heterocycles. The first-order chi connectivity index (χ1) is 12.6. The van der Waals surface area contributed by atoms with Crippen molar-refractivity contribution in [1.82, 2.24) is 0 Å². The number of anilines is 2. The SMILES string of the molecule is OC1(c2ccccc2)CN(c2cccc(Br)c2)CN1c1cccc(Br)c1. The molecule has 4 rings (SSSR count). The molecule has 1 N–H and O–H groups in total. The lowest BCUT2D eigenvalue weighted by Gasteiger charge is -2.34. The van der Waals surface area contributed by atoms with E-state index in [0.29, 0.717) is 13.2 Å². The van der Waals surface area contributed by atoms with E-state index in [1.165, 1.54) is 0 Å². The lowest BCUT2D eigenvalue weighted by atomic mass is 10.0. The van der Waals surface area contributed by atoms with Crippen LogP contribution in [0, 0.1) is 0 Å². The van der Waals surface area contributed by atoms with Crippen molar-refractivity contribution in [1.29, 1.82) is 0 Å². The highest BCUT2D eigenvalue weighted by atomic mass is 79.9. The van der Waals surface area contributed by atoms with Crippen molar-refractivity contribution in [2.75, 3.05) is 23.0 Å². The zero-order chi connectivity index (χ0) is 18.1. The summed E-state index contributed by atoms with van der Waals surface area (Å²) in [5, 5.41) is 11.7. The molecule has 0 saturated carbocycles. The van der Waals surface area contributed by atoms with E-state index in [0.717, 1.165) is 25.9 Å². The molecule has 1 aliphatic rings. The fourth-order valence-electron chi connectivity index (χ4n) is 3.43. The number of benzene rings is 3. The zero-order valence-electron chi connectivity index (χ0n) is 14.0. The van der Waals surface area contributed by atoms with Gasteiger partial charge < -0.3 is 14.9 Å². The summed E-state index contributed by atoms with van der Waals surface area (Å²) in [6, 6.07) is 26.1. The normalized spacial score (nSPS) is 19.8. The van der Waals surface area contributed by atoms with E-state index < -0.39 is 5.72 Å². The van der Waals surface area contributed by atoms with Crippen LogP contribution in [0.15, 0.2) is 87.8 Å². The van der Waals surface area contributed by atoms with Gasteiger partial charge in [-0.2, -0.15) is 0 Å². The minimum absolute atomic E-state index is 0.486. The number of nitrogens with zero attached hydrogens (tertiary/aromatic N) is 2. The molecule has 0 bridgehead atoms. The Morgan fingerprint density at radius 1 is 0.769 bits per heavy atom. The number of aliphatic hydroxyl groups is 1. The highest BCUT2D eigenvalue weighted by molar-refractivity contribution is 9.10. The van der Waals surface area contributed by atoms with Gasteiger partial charge in [0.15, 0.2) is 5.72 Å². The van der Waals surface area contributed by atoms with Gasteiger partial charge in [-0.3, -0.25) is 0 Å². The molecule has 1 fully saturated rings. The summed E-state index contributed by atoms with van der Waals surface area (Å²) in [6.45, 7) is 1.08. The van der Waals surface area contributed by atoms with Gasteiger partial charge in [-0.15, -0.1) is 0 Å². The quantitative estimate of drug-likeness (QED) is 0.556. The molecule has 3 aromatic carbocycles. The maximum atomic E-state index is 11.7. The summed E-state index contributed by atoms with van der Waals surface area (Å²) in [5.41, 5.74) is 1.83. The number of β-amino-alcohol motifs (C(OH)–C–C–N with tert-alkyl or cyclic N) is 1. The Morgan fingerprint density at radius 3 is 2.04 bits per heavy atom. The lowest BCUT2D eigenvalue weighted by Crippen LogP contribution is -2.43. The molecular weight excluding hydrogens is 456 g/mol. The molecule has 0 aromatic heterocycles. The third-order valence-corrected chi connectivity index (χ3v) is 5.69. The van der Waals surface area contributed by atoms with Crippen LogP contribution in [0.2, 0.25) is 0 Å². The van der Waals surface area contributed by atoms with E-state index in [9.17, 15) is 5.11 Å². The largest absolute Gasteiger partial charge is 0.365 e. The van der Waals surface area contributed by atoms with E-state index in [2.05, 4.69) is 48.9 Å². The summed E-state index contributed by atoms with van der Waals surface area (Å²) in [6.07, 6.45) is 0. The fourth-order valence-corrected chi connectivity index (χ4v) is 4.20. The molecule has 5 heteroatoms. The Labute approximate surface area is 170 Å². The molecule has 0 amide bonds. The molecule has 0 radical (unpaired) electrons. The topological polar surface area (TPSA) is 26.7 Å². The van der Waals surface area contributed by atoms with Gasteiger partial charge in [-0.1, -0.05) is 74.3 Å². The summed E-state index contributed by atoms with van der Waals surface area (Å²) >= 11 is 7.09. The first-order valence-electron chi connectivity index (χ1n) is 8.38. The first-order valence-corrected chi connectivity index (χ1v) is 9.96. The molecule has 0 aliphatic carbocycles. The van der Waals surface area contributed by atoms with Crippen LogP contribution in [0.25, 0.3) is 0 Å². The number of rotatable bonds is 3. The predicted octanol–water partition coefficient (Wildman–Crippen LogP) is 5.34. The van der Waals surface area contributed by atoms with Gasteiger partial charge >= 0.3 is 0 Å². The molecule has 3 aromatic rings.